The maximum Gasteiger partial charge on any atom is 0.410 e. The molecule has 130 valence electrons. The number of rotatable bonds is 3. The van der Waals surface area contributed by atoms with Crippen LogP contribution in [0.25, 0.3) is 0 Å². The van der Waals surface area contributed by atoms with Crippen LogP contribution in [0.1, 0.15) is 50.6 Å². The number of nitrogens with zero attached hydrogens (tertiary/aromatic N) is 1. The Kier molecular flexibility index (Phi) is 4.85. The van der Waals surface area contributed by atoms with Gasteiger partial charge in [0.2, 0.25) is 0 Å². The second-order valence-corrected chi connectivity index (χ2v) is 7.75. The van der Waals surface area contributed by atoms with Crippen molar-refractivity contribution in [1.82, 2.24) is 4.90 Å². The number of amides is 1. The van der Waals surface area contributed by atoms with Gasteiger partial charge in [0.25, 0.3) is 0 Å². The third kappa shape index (κ3) is 3.43. The van der Waals surface area contributed by atoms with Gasteiger partial charge in [0.05, 0.1) is 12.0 Å². The highest BCUT2D eigenvalue weighted by molar-refractivity contribution is 9.10. The Bertz CT molecular complexity index is 622. The van der Waals surface area contributed by atoms with Crippen LogP contribution in [0.15, 0.2) is 28.7 Å². The standard InChI is InChI=1S/C18H22BrNO4/c1-12(13-2-4-15(19)5-3-13)20-11-10-18(24-17(20)23)8-6-14(7-9-18)16(21)22/h2-5,12,14H,6-11H2,1H3,(H,21,22)/t12-,14-,18-/m0/s1. The molecule has 1 heterocycles. The Morgan fingerprint density at radius 3 is 2.46 bits per heavy atom. The van der Waals surface area contributed by atoms with E-state index in [4.69, 9.17) is 9.84 Å². The highest BCUT2D eigenvalue weighted by atomic mass is 79.9. The van der Waals surface area contributed by atoms with E-state index in [2.05, 4.69) is 15.9 Å². The summed E-state index contributed by atoms with van der Waals surface area (Å²) in [4.78, 5) is 25.4. The molecule has 1 saturated heterocycles. The zero-order valence-corrected chi connectivity index (χ0v) is 15.3. The van der Waals surface area contributed by atoms with Crippen molar-refractivity contribution >= 4 is 28.0 Å². The van der Waals surface area contributed by atoms with Gasteiger partial charge >= 0.3 is 12.1 Å². The van der Waals surface area contributed by atoms with Gasteiger partial charge in [-0.3, -0.25) is 4.79 Å². The van der Waals surface area contributed by atoms with Gasteiger partial charge in [0.15, 0.2) is 0 Å². The highest BCUT2D eigenvalue weighted by Crippen LogP contribution is 2.41. The number of ether oxygens (including phenoxy) is 1. The summed E-state index contributed by atoms with van der Waals surface area (Å²) in [7, 11) is 0. The molecule has 1 spiro atoms. The van der Waals surface area contributed by atoms with Crippen molar-refractivity contribution in [1.29, 1.82) is 0 Å². The van der Waals surface area contributed by atoms with E-state index in [1.54, 1.807) is 4.90 Å². The van der Waals surface area contributed by atoms with Gasteiger partial charge in [0, 0.05) is 17.4 Å². The molecule has 1 aromatic rings. The van der Waals surface area contributed by atoms with E-state index in [1.165, 1.54) is 0 Å². The molecule has 1 aromatic carbocycles. The van der Waals surface area contributed by atoms with Gasteiger partial charge in [-0.1, -0.05) is 28.1 Å². The van der Waals surface area contributed by atoms with Gasteiger partial charge in [-0.2, -0.15) is 0 Å². The summed E-state index contributed by atoms with van der Waals surface area (Å²) >= 11 is 3.42. The second kappa shape index (κ2) is 6.75. The molecule has 6 heteroatoms. The average molecular weight is 396 g/mol. The van der Waals surface area contributed by atoms with Crippen LogP contribution >= 0.6 is 15.9 Å². The van der Waals surface area contributed by atoms with Gasteiger partial charge < -0.3 is 14.7 Å². The monoisotopic (exact) mass is 395 g/mol. The lowest BCUT2D eigenvalue weighted by molar-refractivity contribution is -0.146. The number of halogens is 1. The summed E-state index contributed by atoms with van der Waals surface area (Å²) < 4.78 is 6.81. The fourth-order valence-corrected chi connectivity index (χ4v) is 3.99. The summed E-state index contributed by atoms with van der Waals surface area (Å²) in [6, 6.07) is 7.90. The minimum atomic E-state index is -0.738. The molecule has 1 saturated carbocycles. The molecule has 1 aliphatic heterocycles. The van der Waals surface area contributed by atoms with Gasteiger partial charge in [-0.25, -0.2) is 4.79 Å². The first-order chi connectivity index (χ1) is 11.4. The van der Waals surface area contributed by atoms with Crippen molar-refractivity contribution in [2.75, 3.05) is 6.54 Å². The van der Waals surface area contributed by atoms with Crippen LogP contribution in [0.2, 0.25) is 0 Å². The fourth-order valence-electron chi connectivity index (χ4n) is 3.73. The number of benzene rings is 1. The van der Waals surface area contributed by atoms with E-state index >= 15 is 0 Å². The molecule has 0 bridgehead atoms. The van der Waals surface area contributed by atoms with Crippen molar-refractivity contribution in [3.63, 3.8) is 0 Å². The van der Waals surface area contributed by atoms with Crippen LogP contribution in [0.3, 0.4) is 0 Å². The Morgan fingerprint density at radius 1 is 1.29 bits per heavy atom. The summed E-state index contributed by atoms with van der Waals surface area (Å²) in [5.74, 6) is -1.04. The molecular weight excluding hydrogens is 374 g/mol. The predicted octanol–water partition coefficient (Wildman–Crippen LogP) is 4.37. The predicted molar refractivity (Wildman–Crippen MR) is 92.7 cm³/mol. The molecule has 1 amide bonds. The number of carbonyl (C=O) groups is 2. The van der Waals surface area contributed by atoms with Gasteiger partial charge in [-0.05, 0) is 50.3 Å². The van der Waals surface area contributed by atoms with E-state index in [0.717, 1.165) is 16.5 Å². The van der Waals surface area contributed by atoms with Crippen molar-refractivity contribution in [3.8, 4) is 0 Å². The Hall–Kier alpha value is -1.56. The zero-order chi connectivity index (χ0) is 17.3. The largest absolute Gasteiger partial charge is 0.481 e. The van der Waals surface area contributed by atoms with Crippen LogP contribution in [0.5, 0.6) is 0 Å². The molecule has 0 aromatic heterocycles. The van der Waals surface area contributed by atoms with Crippen LogP contribution in [0, 0.1) is 5.92 Å². The lowest BCUT2D eigenvalue weighted by atomic mass is 9.76. The van der Waals surface area contributed by atoms with Crippen molar-refractivity contribution in [2.24, 2.45) is 5.92 Å². The summed E-state index contributed by atoms with van der Waals surface area (Å²) in [5, 5.41) is 9.12. The third-order valence-electron chi connectivity index (χ3n) is 5.41. The second-order valence-electron chi connectivity index (χ2n) is 6.83. The first-order valence-corrected chi connectivity index (χ1v) is 9.17. The van der Waals surface area contributed by atoms with Crippen LogP contribution < -0.4 is 0 Å². The number of hydrogen-bond donors (Lipinski definition) is 1. The minimum absolute atomic E-state index is 0.0432. The van der Waals surface area contributed by atoms with Gasteiger partial charge in [0.1, 0.15) is 5.60 Å². The van der Waals surface area contributed by atoms with Crippen molar-refractivity contribution < 1.29 is 19.4 Å². The number of aliphatic carboxylic acids is 1. The molecule has 5 nitrogen and oxygen atoms in total. The Balaban J connectivity index is 1.64. The lowest BCUT2D eigenvalue weighted by Crippen LogP contribution is -2.52. The molecule has 0 unspecified atom stereocenters. The minimum Gasteiger partial charge on any atom is -0.481 e. The van der Waals surface area contributed by atoms with E-state index in [9.17, 15) is 9.59 Å². The first-order valence-electron chi connectivity index (χ1n) is 8.38. The van der Waals surface area contributed by atoms with E-state index in [0.29, 0.717) is 32.2 Å². The van der Waals surface area contributed by atoms with Crippen LogP contribution in [0.4, 0.5) is 4.79 Å². The lowest BCUT2D eigenvalue weighted by Gasteiger charge is -2.45. The molecule has 2 aliphatic rings. The van der Waals surface area contributed by atoms with Crippen LogP contribution in [-0.2, 0) is 9.53 Å². The van der Waals surface area contributed by atoms with Gasteiger partial charge in [-0.15, -0.1) is 0 Å². The number of carbonyl (C=O) groups excluding carboxylic acids is 1. The van der Waals surface area contributed by atoms with Crippen molar-refractivity contribution in [3.05, 3.63) is 34.3 Å². The maximum atomic E-state index is 12.5. The molecule has 0 radical (unpaired) electrons. The summed E-state index contributed by atoms with van der Waals surface area (Å²) in [6.07, 6.45) is 2.96. The van der Waals surface area contributed by atoms with E-state index in [-0.39, 0.29) is 18.1 Å². The molecular formula is C18H22BrNO4. The van der Waals surface area contributed by atoms with Crippen molar-refractivity contribution in [2.45, 2.75) is 50.7 Å². The average Bonchev–Trinajstić information content (AvgIpc) is 2.55. The number of carboxylic acids is 1. The normalized spacial score (nSPS) is 28.5. The smallest absolute Gasteiger partial charge is 0.410 e. The fraction of sp³-hybridized carbons (Fsp3) is 0.556. The summed E-state index contributed by atoms with van der Waals surface area (Å²) in [5.41, 5.74) is 0.611. The molecule has 24 heavy (non-hydrogen) atoms. The third-order valence-corrected chi connectivity index (χ3v) is 5.94. The molecule has 1 N–H and O–H groups in total. The van der Waals surface area contributed by atoms with Crippen LogP contribution in [-0.4, -0.2) is 34.2 Å². The first kappa shape index (κ1) is 17.3. The number of carboxylic acid groups (broad SMARTS) is 1. The molecule has 3 rings (SSSR count). The maximum absolute atomic E-state index is 12.5. The molecule has 1 atom stereocenters. The van der Waals surface area contributed by atoms with E-state index in [1.807, 2.05) is 31.2 Å². The quantitative estimate of drug-likeness (QED) is 0.824. The zero-order valence-electron chi connectivity index (χ0n) is 13.7. The van der Waals surface area contributed by atoms with E-state index < -0.39 is 11.6 Å². The topological polar surface area (TPSA) is 66.8 Å². The molecule has 1 aliphatic carbocycles. The Labute approximate surface area is 150 Å². The summed E-state index contributed by atoms with van der Waals surface area (Å²) in [6.45, 7) is 2.65. The Morgan fingerprint density at radius 2 is 1.92 bits per heavy atom. The highest BCUT2D eigenvalue weighted by Gasteiger charge is 2.45. The molecule has 2 fully saturated rings. The SMILES string of the molecule is C[C@@H](c1ccc(Br)cc1)N1CC[C@]2(CC[C@@H](C(=O)O)CC2)OC1=O. The number of hydrogen-bond acceptors (Lipinski definition) is 3.